The van der Waals surface area contributed by atoms with Crippen LogP contribution < -0.4 is 5.56 Å². The second-order valence-electron chi connectivity index (χ2n) is 6.51. The van der Waals surface area contributed by atoms with Gasteiger partial charge < -0.3 is 14.2 Å². The van der Waals surface area contributed by atoms with Crippen molar-refractivity contribution in [3.63, 3.8) is 0 Å². The highest BCUT2D eigenvalue weighted by Gasteiger charge is 2.18. The van der Waals surface area contributed by atoms with Crippen molar-refractivity contribution in [1.82, 2.24) is 19.7 Å². The van der Waals surface area contributed by atoms with Gasteiger partial charge in [-0.25, -0.2) is 9.78 Å². The molecule has 4 aromatic heterocycles. The van der Waals surface area contributed by atoms with E-state index in [9.17, 15) is 9.59 Å². The number of carbonyl (C=O) groups excluding carboxylic acids is 1. The molecule has 4 aromatic rings. The number of aromatic nitrogens is 4. The van der Waals surface area contributed by atoms with Gasteiger partial charge in [-0.1, -0.05) is 6.07 Å². The van der Waals surface area contributed by atoms with Gasteiger partial charge in [0.25, 0.3) is 5.56 Å². The lowest BCUT2D eigenvalue weighted by Gasteiger charge is -2.02. The van der Waals surface area contributed by atoms with E-state index in [0.29, 0.717) is 33.8 Å². The Labute approximate surface area is 159 Å². The number of carbonyl (C=O) groups is 1. The number of hydrogen-bond acceptors (Lipinski definition) is 6. The Kier molecular flexibility index (Phi) is 4.11. The van der Waals surface area contributed by atoms with Crippen LogP contribution >= 0.6 is 0 Å². The van der Waals surface area contributed by atoms with E-state index in [4.69, 9.17) is 9.26 Å². The number of aryl methyl sites for hydroxylation is 3. The molecule has 0 fully saturated rings. The molecule has 0 atom stereocenters. The summed E-state index contributed by atoms with van der Waals surface area (Å²) in [7, 11) is 2.89. The highest BCUT2D eigenvalue weighted by molar-refractivity contribution is 6.02. The minimum Gasteiger partial charge on any atom is -0.464 e. The number of pyridine rings is 2. The van der Waals surface area contributed by atoms with Crippen LogP contribution in [0.15, 0.2) is 39.8 Å². The number of hydrogen-bond donors (Lipinski definition) is 1. The first-order valence-electron chi connectivity index (χ1n) is 8.61. The van der Waals surface area contributed by atoms with Crippen molar-refractivity contribution in [2.24, 2.45) is 7.05 Å². The molecule has 4 heterocycles. The summed E-state index contributed by atoms with van der Waals surface area (Å²) < 4.78 is 11.4. The lowest BCUT2D eigenvalue weighted by molar-refractivity contribution is 0.0596. The molecule has 0 aliphatic carbocycles. The van der Waals surface area contributed by atoms with Crippen molar-refractivity contribution in [1.29, 1.82) is 0 Å². The van der Waals surface area contributed by atoms with Crippen LogP contribution in [0.4, 0.5) is 0 Å². The van der Waals surface area contributed by atoms with Crippen molar-refractivity contribution >= 4 is 16.9 Å². The molecule has 0 unspecified atom stereocenters. The number of methoxy groups -OCH3 is 1. The second-order valence-corrected chi connectivity index (χ2v) is 6.51. The summed E-state index contributed by atoms with van der Waals surface area (Å²) in [6, 6.07) is 7.41. The standard InChI is InChI=1S/C20H18N4O4/c1-10-7-13-8-15(23-17(13)18(22-10)20(26)27-4)14-6-5-12(9-21-14)16-11(2)28-24(3)19(16)25/h5-9,23H,1-4H3. The highest BCUT2D eigenvalue weighted by atomic mass is 16.5. The zero-order valence-electron chi connectivity index (χ0n) is 15.9. The molecule has 0 saturated carbocycles. The van der Waals surface area contributed by atoms with Crippen molar-refractivity contribution in [3.8, 4) is 22.5 Å². The normalized spacial score (nSPS) is 11.1. The second kappa shape index (κ2) is 6.49. The fourth-order valence-corrected chi connectivity index (χ4v) is 3.28. The van der Waals surface area contributed by atoms with E-state index in [0.717, 1.165) is 11.1 Å². The molecule has 8 heteroatoms. The van der Waals surface area contributed by atoms with Gasteiger partial charge in [-0.2, -0.15) is 4.74 Å². The van der Waals surface area contributed by atoms with Gasteiger partial charge in [0.2, 0.25) is 0 Å². The largest absolute Gasteiger partial charge is 0.464 e. The van der Waals surface area contributed by atoms with Crippen LogP contribution in [0, 0.1) is 13.8 Å². The first-order chi connectivity index (χ1) is 13.4. The number of rotatable bonds is 3. The van der Waals surface area contributed by atoms with Crippen LogP contribution in [0.1, 0.15) is 21.9 Å². The molecule has 8 nitrogen and oxygen atoms in total. The van der Waals surface area contributed by atoms with Crippen LogP contribution in [-0.4, -0.2) is 32.8 Å². The first-order valence-corrected chi connectivity index (χ1v) is 8.61. The highest BCUT2D eigenvalue weighted by Crippen LogP contribution is 2.27. The monoisotopic (exact) mass is 378 g/mol. The quantitative estimate of drug-likeness (QED) is 0.550. The maximum Gasteiger partial charge on any atom is 0.358 e. The summed E-state index contributed by atoms with van der Waals surface area (Å²) in [5.74, 6) is 0.0358. The van der Waals surface area contributed by atoms with E-state index in [2.05, 4.69) is 15.0 Å². The summed E-state index contributed by atoms with van der Waals surface area (Å²) in [6.07, 6.45) is 1.63. The van der Waals surface area contributed by atoms with E-state index in [1.165, 1.54) is 11.8 Å². The molecular weight excluding hydrogens is 360 g/mol. The van der Waals surface area contributed by atoms with Gasteiger partial charge in [0.15, 0.2) is 5.69 Å². The average molecular weight is 378 g/mol. The summed E-state index contributed by atoms with van der Waals surface area (Å²) in [5.41, 5.74) is 3.92. The topological polar surface area (TPSA) is 103 Å². The van der Waals surface area contributed by atoms with Crippen LogP contribution in [0.2, 0.25) is 0 Å². The van der Waals surface area contributed by atoms with Gasteiger partial charge in [0.05, 0.1) is 29.6 Å². The van der Waals surface area contributed by atoms with Crippen molar-refractivity contribution in [3.05, 3.63) is 58.0 Å². The molecule has 1 N–H and O–H groups in total. The third-order valence-electron chi connectivity index (χ3n) is 4.57. The molecule has 0 aromatic carbocycles. The van der Waals surface area contributed by atoms with Crippen molar-refractivity contribution in [2.75, 3.05) is 7.11 Å². The number of nitrogens with one attached hydrogen (secondary N) is 1. The fraction of sp³-hybridized carbons (Fsp3) is 0.200. The van der Waals surface area contributed by atoms with Crippen LogP contribution in [-0.2, 0) is 11.8 Å². The fourth-order valence-electron chi connectivity index (χ4n) is 3.28. The average Bonchev–Trinajstić information content (AvgIpc) is 3.21. The van der Waals surface area contributed by atoms with Gasteiger partial charge in [0, 0.05) is 29.9 Å². The van der Waals surface area contributed by atoms with Gasteiger partial charge in [-0.3, -0.25) is 9.78 Å². The molecule has 0 aliphatic heterocycles. The van der Waals surface area contributed by atoms with E-state index in [-0.39, 0.29) is 11.3 Å². The number of nitrogens with zero attached hydrogens (tertiary/aromatic N) is 3. The maximum absolute atomic E-state index is 12.2. The van der Waals surface area contributed by atoms with Crippen LogP contribution in [0.3, 0.4) is 0 Å². The molecule has 0 saturated heterocycles. The smallest absolute Gasteiger partial charge is 0.358 e. The first kappa shape index (κ1) is 17.7. The van der Waals surface area contributed by atoms with E-state index >= 15 is 0 Å². The molecule has 0 bridgehead atoms. The SMILES string of the molecule is COC(=O)c1nc(C)cc2cc(-c3ccc(-c4c(C)on(C)c4=O)cn3)[nH]c12. The predicted molar refractivity (Wildman–Crippen MR) is 103 cm³/mol. The summed E-state index contributed by atoms with van der Waals surface area (Å²) in [4.78, 5) is 36.2. The minimum atomic E-state index is -0.503. The van der Waals surface area contributed by atoms with Gasteiger partial charge in [0.1, 0.15) is 5.76 Å². The number of fused-ring (bicyclic) bond motifs is 1. The van der Waals surface area contributed by atoms with Crippen molar-refractivity contribution < 1.29 is 14.1 Å². The number of H-pyrrole nitrogens is 1. The predicted octanol–water partition coefficient (Wildman–Crippen LogP) is 2.99. The molecule has 28 heavy (non-hydrogen) atoms. The summed E-state index contributed by atoms with van der Waals surface area (Å²) >= 11 is 0. The third-order valence-corrected chi connectivity index (χ3v) is 4.57. The van der Waals surface area contributed by atoms with Gasteiger partial charge in [-0.05, 0) is 32.0 Å². The Balaban J connectivity index is 1.79. The summed E-state index contributed by atoms with van der Waals surface area (Å²) in [6.45, 7) is 3.56. The van der Waals surface area contributed by atoms with Gasteiger partial charge >= 0.3 is 5.97 Å². The summed E-state index contributed by atoms with van der Waals surface area (Å²) in [5, 5.41) is 0.841. The van der Waals surface area contributed by atoms with Crippen LogP contribution in [0.5, 0.6) is 0 Å². The Morgan fingerprint density at radius 1 is 1.25 bits per heavy atom. The lowest BCUT2D eigenvalue weighted by Crippen LogP contribution is -2.11. The van der Waals surface area contributed by atoms with Gasteiger partial charge in [-0.15, -0.1) is 0 Å². The van der Waals surface area contributed by atoms with E-state index in [1.807, 2.05) is 31.2 Å². The lowest BCUT2D eigenvalue weighted by atomic mass is 10.1. The molecule has 0 radical (unpaired) electrons. The Morgan fingerprint density at radius 2 is 2.04 bits per heavy atom. The minimum absolute atomic E-state index is 0.207. The van der Waals surface area contributed by atoms with E-state index < -0.39 is 5.97 Å². The molecule has 0 amide bonds. The molecule has 0 aliphatic rings. The number of esters is 1. The zero-order valence-corrected chi connectivity index (χ0v) is 15.9. The number of ether oxygens (including phenoxy) is 1. The van der Waals surface area contributed by atoms with Crippen molar-refractivity contribution in [2.45, 2.75) is 13.8 Å². The molecular formula is C20H18N4O4. The molecule has 0 spiro atoms. The molecule has 142 valence electrons. The van der Waals surface area contributed by atoms with E-state index in [1.54, 1.807) is 20.2 Å². The Hall–Kier alpha value is -3.68. The Bertz CT molecular complexity index is 1260. The third kappa shape index (κ3) is 2.79. The molecule has 4 rings (SSSR count). The zero-order chi connectivity index (χ0) is 20.0. The van der Waals surface area contributed by atoms with Crippen LogP contribution in [0.25, 0.3) is 33.4 Å². The maximum atomic E-state index is 12.2. The Morgan fingerprint density at radius 3 is 2.64 bits per heavy atom. The number of aromatic amines is 1.